The van der Waals surface area contributed by atoms with E-state index >= 15 is 0 Å². The predicted molar refractivity (Wildman–Crippen MR) is 68.1 cm³/mol. The molecule has 2 rings (SSSR count). The zero-order valence-electron chi connectivity index (χ0n) is 11.1. The van der Waals surface area contributed by atoms with E-state index in [2.05, 4.69) is 10.3 Å². The molecule has 0 spiro atoms. The van der Waals surface area contributed by atoms with Crippen molar-refractivity contribution in [1.29, 1.82) is 0 Å². The van der Waals surface area contributed by atoms with Crippen LogP contribution in [0.15, 0.2) is 17.1 Å². The minimum Gasteiger partial charge on any atom is -0.394 e. The highest BCUT2D eigenvalue weighted by Gasteiger charge is 2.59. The Morgan fingerprint density at radius 2 is 2.27 bits per heavy atom. The van der Waals surface area contributed by atoms with Gasteiger partial charge in [-0.3, -0.25) is 9.36 Å². The minimum atomic E-state index is -3.78. The molecule has 11 heteroatoms. The van der Waals surface area contributed by atoms with E-state index in [9.17, 15) is 23.5 Å². The van der Waals surface area contributed by atoms with Gasteiger partial charge in [-0.05, 0) is 6.07 Å². The summed E-state index contributed by atoms with van der Waals surface area (Å²) in [6.45, 7) is -1.11. The molecule has 5 N–H and O–H groups in total. The lowest BCUT2D eigenvalue weighted by Gasteiger charge is -2.21. The van der Waals surface area contributed by atoms with Gasteiger partial charge < -0.3 is 26.0 Å². The monoisotopic (exact) mass is 320 g/mol. The van der Waals surface area contributed by atoms with Crippen molar-refractivity contribution in [3.63, 3.8) is 0 Å². The van der Waals surface area contributed by atoms with Gasteiger partial charge in [-0.15, -0.1) is 0 Å². The van der Waals surface area contributed by atoms with Crippen LogP contribution in [0.25, 0.3) is 0 Å². The molecular weight excluding hydrogens is 306 g/mol. The largest absolute Gasteiger partial charge is 0.394 e. The average molecular weight is 320 g/mol. The minimum absolute atomic E-state index is 0.0272. The van der Waals surface area contributed by atoms with E-state index in [1.165, 1.54) is 6.07 Å². The molecule has 3 atom stereocenters. The molecule has 9 nitrogen and oxygen atoms in total. The molecule has 1 aromatic heterocycles. The molecule has 2 heterocycles. The topological polar surface area (TPSA) is 140 Å². The number of nitrogens with two attached hydrogens (primary N) is 1. The second kappa shape index (κ2) is 5.94. The number of hydrogen-bond donors (Lipinski definition) is 4. The molecule has 1 aliphatic rings. The lowest BCUT2D eigenvalue weighted by atomic mass is 10.1. The van der Waals surface area contributed by atoms with Crippen LogP contribution in [0.1, 0.15) is 6.23 Å². The van der Waals surface area contributed by atoms with Crippen LogP contribution >= 0.6 is 0 Å². The third kappa shape index (κ3) is 2.91. The molecule has 1 saturated heterocycles. The van der Waals surface area contributed by atoms with E-state index < -0.39 is 42.6 Å². The maximum Gasteiger partial charge on any atom is 0.351 e. The number of carbonyl (C=O) groups excluding carboxylic acids is 1. The first-order chi connectivity index (χ1) is 10.3. The summed E-state index contributed by atoms with van der Waals surface area (Å²) >= 11 is 0. The maximum absolute atomic E-state index is 13.9. The van der Waals surface area contributed by atoms with Crippen LogP contribution in [0, 0.1) is 0 Å². The first-order valence-corrected chi connectivity index (χ1v) is 6.21. The van der Waals surface area contributed by atoms with Crippen molar-refractivity contribution in [2.24, 2.45) is 5.73 Å². The summed E-state index contributed by atoms with van der Waals surface area (Å²) in [6.07, 6.45) is -4.88. The molecule has 1 amide bonds. The lowest BCUT2D eigenvalue weighted by molar-refractivity contribution is -0.140. The molecule has 0 aromatic carbocycles. The Morgan fingerprint density at radius 1 is 1.59 bits per heavy atom. The zero-order chi connectivity index (χ0) is 16.5. The number of amides is 1. The summed E-state index contributed by atoms with van der Waals surface area (Å²) in [6, 6.07) is 1.17. The number of hydrogen-bond acceptors (Lipinski definition) is 7. The van der Waals surface area contributed by atoms with E-state index in [0.717, 1.165) is 6.20 Å². The molecule has 0 bridgehead atoms. The fourth-order valence-electron chi connectivity index (χ4n) is 1.99. The number of nitrogens with zero attached hydrogens (tertiary/aromatic N) is 2. The number of aromatic nitrogens is 2. The predicted octanol–water partition coefficient (Wildman–Crippen LogP) is -1.97. The van der Waals surface area contributed by atoms with E-state index in [0.29, 0.717) is 4.57 Å². The lowest BCUT2D eigenvalue weighted by Crippen LogP contribution is -2.41. The first-order valence-electron chi connectivity index (χ1n) is 6.21. The molecule has 1 aliphatic heterocycles. The summed E-state index contributed by atoms with van der Waals surface area (Å²) in [5.74, 6) is -4.49. The Bertz CT molecular complexity index is 623. The Balaban J connectivity index is 2.26. The van der Waals surface area contributed by atoms with Crippen LogP contribution in [0.2, 0.25) is 0 Å². The van der Waals surface area contributed by atoms with Crippen molar-refractivity contribution < 1.29 is 28.5 Å². The van der Waals surface area contributed by atoms with Gasteiger partial charge in [0, 0.05) is 6.20 Å². The van der Waals surface area contributed by atoms with Crippen LogP contribution in [0.4, 0.5) is 14.6 Å². The van der Waals surface area contributed by atoms with E-state index in [1.807, 2.05) is 0 Å². The average Bonchev–Trinajstić information content (AvgIpc) is 2.68. The van der Waals surface area contributed by atoms with Gasteiger partial charge in [0.25, 0.3) is 0 Å². The fraction of sp³-hybridized carbons (Fsp3) is 0.545. The Morgan fingerprint density at radius 3 is 2.77 bits per heavy atom. The SMILES string of the molecule is NC(=O)CNc1ccn([C@@H]2O[C@H](CO)[C@@H](O)C2(F)F)c(=O)n1. The van der Waals surface area contributed by atoms with Gasteiger partial charge in [0.05, 0.1) is 13.2 Å². The molecular formula is C11H14F2N4O5. The third-order valence-electron chi connectivity index (χ3n) is 3.09. The van der Waals surface area contributed by atoms with Crippen LogP contribution in [-0.2, 0) is 9.53 Å². The zero-order valence-corrected chi connectivity index (χ0v) is 11.1. The molecule has 0 unspecified atom stereocenters. The maximum atomic E-state index is 13.9. The molecule has 1 fully saturated rings. The molecule has 122 valence electrons. The normalized spacial score (nSPS) is 26.8. The van der Waals surface area contributed by atoms with Crippen LogP contribution in [-0.4, -0.2) is 57.0 Å². The van der Waals surface area contributed by atoms with Gasteiger partial charge >= 0.3 is 11.6 Å². The van der Waals surface area contributed by atoms with Crippen LogP contribution in [0.3, 0.4) is 0 Å². The van der Waals surface area contributed by atoms with E-state index in [1.54, 1.807) is 0 Å². The highest BCUT2D eigenvalue weighted by Crippen LogP contribution is 2.41. The molecule has 22 heavy (non-hydrogen) atoms. The number of nitrogens with one attached hydrogen (secondary N) is 1. The number of anilines is 1. The Kier molecular flexibility index (Phi) is 4.39. The Hall–Kier alpha value is -2.11. The van der Waals surface area contributed by atoms with Gasteiger partial charge in [-0.1, -0.05) is 0 Å². The van der Waals surface area contributed by atoms with Crippen molar-refractivity contribution >= 4 is 11.7 Å². The number of alkyl halides is 2. The number of aliphatic hydroxyl groups excluding tert-OH is 2. The first kappa shape index (κ1) is 16.3. The van der Waals surface area contributed by atoms with Crippen molar-refractivity contribution in [3.8, 4) is 0 Å². The van der Waals surface area contributed by atoms with Gasteiger partial charge in [-0.2, -0.15) is 13.8 Å². The summed E-state index contributed by atoms with van der Waals surface area (Å²) < 4.78 is 33.1. The number of carbonyl (C=O) groups is 1. The summed E-state index contributed by atoms with van der Waals surface area (Å²) in [5, 5.41) is 20.7. The van der Waals surface area contributed by atoms with Crippen molar-refractivity contribution in [3.05, 3.63) is 22.7 Å². The second-order valence-corrected chi connectivity index (χ2v) is 4.65. The summed E-state index contributed by atoms with van der Waals surface area (Å²) in [7, 11) is 0. The fourth-order valence-corrected chi connectivity index (χ4v) is 1.99. The van der Waals surface area contributed by atoms with Gasteiger partial charge in [0.2, 0.25) is 12.1 Å². The molecule has 0 aliphatic carbocycles. The smallest absolute Gasteiger partial charge is 0.351 e. The van der Waals surface area contributed by atoms with E-state index in [4.69, 9.17) is 15.6 Å². The quantitative estimate of drug-likeness (QED) is 0.493. The van der Waals surface area contributed by atoms with Crippen molar-refractivity contribution in [2.75, 3.05) is 18.5 Å². The van der Waals surface area contributed by atoms with Crippen molar-refractivity contribution in [1.82, 2.24) is 9.55 Å². The number of aliphatic hydroxyl groups is 2. The summed E-state index contributed by atoms with van der Waals surface area (Å²) in [4.78, 5) is 25.9. The van der Waals surface area contributed by atoms with Gasteiger partial charge in [0.15, 0.2) is 6.10 Å². The van der Waals surface area contributed by atoms with Gasteiger partial charge in [0.1, 0.15) is 11.9 Å². The highest BCUT2D eigenvalue weighted by molar-refractivity contribution is 5.78. The second-order valence-electron chi connectivity index (χ2n) is 4.65. The number of rotatable bonds is 5. The highest BCUT2D eigenvalue weighted by atomic mass is 19.3. The molecule has 1 aromatic rings. The van der Waals surface area contributed by atoms with Crippen molar-refractivity contribution in [2.45, 2.75) is 24.4 Å². The molecule has 0 saturated carbocycles. The van der Waals surface area contributed by atoms with E-state index in [-0.39, 0.29) is 12.4 Å². The van der Waals surface area contributed by atoms with Crippen LogP contribution < -0.4 is 16.7 Å². The summed E-state index contributed by atoms with van der Waals surface area (Å²) in [5.41, 5.74) is 3.83. The van der Waals surface area contributed by atoms with Crippen LogP contribution in [0.5, 0.6) is 0 Å². The number of primary amides is 1. The van der Waals surface area contributed by atoms with Gasteiger partial charge in [-0.25, -0.2) is 4.79 Å². The number of halogens is 2. The Labute approximate surface area is 122 Å². The third-order valence-corrected chi connectivity index (χ3v) is 3.09. The molecule has 0 radical (unpaired) electrons. The number of ether oxygens (including phenoxy) is 1. The standard InChI is InChI=1S/C11H14F2N4O5/c12-11(13)8(20)5(4-18)22-9(11)17-2-1-7(16-10(17)21)15-3-6(14)19/h1-2,5,8-9,18,20H,3-4H2,(H2,14,19)(H,15,16,21)/t5-,8-,9-/m1/s1.